The molecule has 4 saturated carbocycles. The van der Waals surface area contributed by atoms with Crippen LogP contribution in [0, 0.1) is 17.8 Å². The van der Waals surface area contributed by atoms with Crippen molar-refractivity contribution in [3.8, 4) is 0 Å². The van der Waals surface area contributed by atoms with Crippen LogP contribution in [0.2, 0.25) is 10.2 Å². The third-order valence-corrected chi connectivity index (χ3v) is 9.47. The molecule has 2 aromatic heterocycles. The largest absolute Gasteiger partial charge is 0.389 e. The van der Waals surface area contributed by atoms with Gasteiger partial charge in [-0.2, -0.15) is 5.10 Å². The van der Waals surface area contributed by atoms with Gasteiger partial charge in [0.25, 0.3) is 0 Å². The number of piperidine rings is 1. The first-order valence-corrected chi connectivity index (χ1v) is 12.5. The number of halogens is 2. The molecular weight excluding hydrogens is 459 g/mol. The van der Waals surface area contributed by atoms with Crippen molar-refractivity contribution in [2.24, 2.45) is 17.8 Å². The van der Waals surface area contributed by atoms with Crippen LogP contribution in [0.5, 0.6) is 0 Å². The maximum atomic E-state index is 10.8. The highest BCUT2D eigenvalue weighted by Crippen LogP contribution is 2.63. The monoisotopic (exact) mass is 484 g/mol. The van der Waals surface area contributed by atoms with Crippen molar-refractivity contribution in [1.29, 1.82) is 0 Å². The Kier molecular flexibility index (Phi) is 4.14. The first kappa shape index (κ1) is 20.3. The van der Waals surface area contributed by atoms with Crippen LogP contribution in [0.25, 0.3) is 10.9 Å². The molecule has 3 heterocycles. The maximum Gasteiger partial charge on any atom is 0.227 e. The molecule has 3 aromatic rings. The summed E-state index contributed by atoms with van der Waals surface area (Å²) in [6, 6.07) is 3.97. The third kappa shape index (κ3) is 2.88. The molecule has 4 bridgehead atoms. The van der Waals surface area contributed by atoms with Gasteiger partial charge >= 0.3 is 0 Å². The molecule has 1 unspecified atom stereocenters. The van der Waals surface area contributed by atoms with E-state index in [1.54, 1.807) is 12.4 Å². The summed E-state index contributed by atoms with van der Waals surface area (Å²) < 4.78 is 1.97. The zero-order valence-electron chi connectivity index (χ0n) is 18.4. The first-order chi connectivity index (χ1) is 15.8. The summed E-state index contributed by atoms with van der Waals surface area (Å²) in [7, 11) is 0. The highest BCUT2D eigenvalue weighted by atomic mass is 35.5. The van der Waals surface area contributed by atoms with E-state index >= 15 is 0 Å². The van der Waals surface area contributed by atoms with Gasteiger partial charge in [-0.1, -0.05) is 23.2 Å². The van der Waals surface area contributed by atoms with Gasteiger partial charge in [0.15, 0.2) is 5.15 Å². The van der Waals surface area contributed by atoms with Crippen molar-refractivity contribution >= 4 is 51.4 Å². The summed E-state index contributed by atoms with van der Waals surface area (Å²) in [5.74, 6) is 1.88. The van der Waals surface area contributed by atoms with Gasteiger partial charge in [0.1, 0.15) is 0 Å². The summed E-state index contributed by atoms with van der Waals surface area (Å²) in [6.07, 6.45) is 9.20. The van der Waals surface area contributed by atoms with Crippen molar-refractivity contribution in [1.82, 2.24) is 19.7 Å². The van der Waals surface area contributed by atoms with Gasteiger partial charge in [-0.25, -0.2) is 14.6 Å². The van der Waals surface area contributed by atoms with Gasteiger partial charge in [0.2, 0.25) is 5.95 Å². The lowest BCUT2D eigenvalue weighted by molar-refractivity contribution is -0.0975. The molecule has 7 nitrogen and oxygen atoms in total. The summed E-state index contributed by atoms with van der Waals surface area (Å²) >= 11 is 13.3. The third-order valence-electron chi connectivity index (χ3n) is 8.80. The quantitative estimate of drug-likeness (QED) is 0.543. The average molecular weight is 485 g/mol. The number of aromatic nitrogens is 4. The minimum absolute atomic E-state index is 0.135. The first-order valence-electron chi connectivity index (χ1n) is 11.8. The van der Waals surface area contributed by atoms with Crippen LogP contribution in [0.1, 0.15) is 39.0 Å². The molecule has 5 aliphatic rings. The Morgan fingerprint density at radius 2 is 1.82 bits per heavy atom. The second-order valence-electron chi connectivity index (χ2n) is 10.7. The van der Waals surface area contributed by atoms with E-state index < -0.39 is 5.60 Å². The molecule has 3 atom stereocenters. The summed E-state index contributed by atoms with van der Waals surface area (Å²) in [5, 5.41) is 20.8. The van der Waals surface area contributed by atoms with E-state index in [4.69, 9.17) is 28.2 Å². The number of anilines is 3. The van der Waals surface area contributed by atoms with E-state index in [0.29, 0.717) is 16.1 Å². The Hall–Kier alpha value is -2.09. The van der Waals surface area contributed by atoms with Crippen LogP contribution in [0.4, 0.5) is 17.3 Å². The Labute approximate surface area is 202 Å². The minimum Gasteiger partial charge on any atom is -0.389 e. The van der Waals surface area contributed by atoms with Gasteiger partial charge in [-0.3, -0.25) is 0 Å². The molecule has 1 aliphatic heterocycles. The van der Waals surface area contributed by atoms with Gasteiger partial charge in [0, 0.05) is 36.5 Å². The number of aliphatic hydroxyl groups is 1. The summed E-state index contributed by atoms with van der Waals surface area (Å²) in [6.45, 7) is 3.60. The molecule has 1 aromatic carbocycles. The fourth-order valence-electron chi connectivity index (χ4n) is 6.58. The zero-order valence-corrected chi connectivity index (χ0v) is 19.9. The number of hydrogen-bond acceptors (Lipinski definition) is 6. The Morgan fingerprint density at radius 1 is 1.09 bits per heavy atom. The van der Waals surface area contributed by atoms with Crippen molar-refractivity contribution < 1.29 is 5.11 Å². The van der Waals surface area contributed by atoms with Gasteiger partial charge < -0.3 is 15.3 Å². The number of rotatable bonds is 4. The molecule has 9 heteroatoms. The van der Waals surface area contributed by atoms with Crippen LogP contribution in [0.3, 0.4) is 0 Å². The highest BCUT2D eigenvalue weighted by Gasteiger charge is 2.59. The number of nitrogens with zero attached hydrogens (tertiary/aromatic N) is 5. The molecule has 33 heavy (non-hydrogen) atoms. The van der Waals surface area contributed by atoms with Crippen LogP contribution >= 0.6 is 23.2 Å². The molecule has 172 valence electrons. The van der Waals surface area contributed by atoms with E-state index in [1.165, 1.54) is 19.3 Å². The Morgan fingerprint density at radius 3 is 2.48 bits per heavy atom. The van der Waals surface area contributed by atoms with Crippen LogP contribution in [-0.2, 0) is 5.54 Å². The van der Waals surface area contributed by atoms with Gasteiger partial charge in [-0.15, -0.1) is 0 Å². The second-order valence-corrected chi connectivity index (χ2v) is 11.5. The Bertz CT molecular complexity index is 1260. The van der Waals surface area contributed by atoms with E-state index in [1.807, 2.05) is 23.7 Å². The minimum atomic E-state index is -0.581. The standard InChI is InChI=1S/C24H26Cl2N6O/c1-23(33)15-2-3-16(23)12-31(11-15)20-5-18-14(4-17(20)25)9-27-22(29-18)30-19-10-28-32(21(19)26)24-6-13(7-24)8-24/h4-5,9-10,13,15-16,33H,2-3,6-8,11-12H2,1H3,(H,27,29,30)/t13?,15-,16+,23?,24?. The lowest BCUT2D eigenvalue weighted by Gasteiger charge is -2.61. The van der Waals surface area contributed by atoms with Crippen LogP contribution in [-0.4, -0.2) is 43.5 Å². The lowest BCUT2D eigenvalue weighted by Crippen LogP contribution is -2.59. The molecule has 2 N–H and O–H groups in total. The zero-order chi connectivity index (χ0) is 22.5. The van der Waals surface area contributed by atoms with E-state index in [0.717, 1.165) is 54.1 Å². The van der Waals surface area contributed by atoms with E-state index in [2.05, 4.69) is 20.3 Å². The maximum absolute atomic E-state index is 10.8. The van der Waals surface area contributed by atoms with E-state index in [9.17, 15) is 5.11 Å². The van der Waals surface area contributed by atoms with Crippen LogP contribution in [0.15, 0.2) is 24.5 Å². The molecular formula is C24H26Cl2N6O. The predicted octanol–water partition coefficient (Wildman–Crippen LogP) is 4.98. The normalized spacial score (nSPS) is 34.3. The van der Waals surface area contributed by atoms with Crippen LogP contribution < -0.4 is 10.2 Å². The number of hydrogen-bond donors (Lipinski definition) is 2. The number of benzene rings is 1. The number of nitrogens with one attached hydrogen (secondary N) is 1. The summed E-state index contributed by atoms with van der Waals surface area (Å²) in [5.41, 5.74) is 2.07. The predicted molar refractivity (Wildman–Crippen MR) is 129 cm³/mol. The fraction of sp³-hybridized carbons (Fsp3) is 0.542. The molecule has 0 spiro atoms. The van der Waals surface area contributed by atoms with Crippen molar-refractivity contribution in [3.05, 3.63) is 34.7 Å². The van der Waals surface area contributed by atoms with Gasteiger partial charge in [0.05, 0.1) is 39.3 Å². The average Bonchev–Trinajstić information content (AvgIpc) is 3.08. The van der Waals surface area contributed by atoms with Gasteiger partial charge in [-0.05, 0) is 57.1 Å². The van der Waals surface area contributed by atoms with Crippen molar-refractivity contribution in [2.75, 3.05) is 23.3 Å². The fourth-order valence-corrected chi connectivity index (χ4v) is 7.19. The van der Waals surface area contributed by atoms with E-state index in [-0.39, 0.29) is 17.4 Å². The van der Waals surface area contributed by atoms with Crippen molar-refractivity contribution in [3.63, 3.8) is 0 Å². The smallest absolute Gasteiger partial charge is 0.227 e. The summed E-state index contributed by atoms with van der Waals surface area (Å²) in [4.78, 5) is 11.5. The molecule has 4 aliphatic carbocycles. The highest BCUT2D eigenvalue weighted by molar-refractivity contribution is 6.34. The Balaban J connectivity index is 1.18. The number of fused-ring (bicyclic) bond motifs is 3. The molecule has 0 amide bonds. The molecule has 1 saturated heterocycles. The second kappa shape index (κ2) is 6.74. The van der Waals surface area contributed by atoms with Crippen molar-refractivity contribution in [2.45, 2.75) is 50.2 Å². The molecule has 8 rings (SSSR count). The topological polar surface area (TPSA) is 79.1 Å². The SMILES string of the molecule is CC1(O)[C@@H]2CC[C@H]1CN(c1cc3nc(Nc4cnn(C56CC(C5)C6)c4Cl)ncc3cc1Cl)C2. The molecule has 0 radical (unpaired) electrons. The molecule has 5 fully saturated rings. The lowest BCUT2D eigenvalue weighted by atomic mass is 9.50.